The van der Waals surface area contributed by atoms with Gasteiger partial charge in [-0.2, -0.15) is 0 Å². The second-order valence-corrected chi connectivity index (χ2v) is 10.5. The third-order valence-electron chi connectivity index (χ3n) is 7.04. The Kier molecular flexibility index (Phi) is 7.88. The number of likely N-dealkylation sites (tertiary alicyclic amines) is 1. The number of methoxy groups -OCH3 is 2. The molecule has 2 aromatic heterocycles. The van der Waals surface area contributed by atoms with Crippen molar-refractivity contribution in [1.29, 1.82) is 0 Å². The molecule has 0 amide bonds. The third-order valence-corrected chi connectivity index (χ3v) is 7.79. The maximum Gasteiger partial charge on any atom is 0.141 e. The number of nitrogens with one attached hydrogen (secondary N) is 3. The van der Waals surface area contributed by atoms with E-state index in [0.29, 0.717) is 44.5 Å². The number of pyridine rings is 2. The fourth-order valence-electron chi connectivity index (χ4n) is 4.96. The van der Waals surface area contributed by atoms with Gasteiger partial charge in [-0.1, -0.05) is 35.3 Å². The Morgan fingerprint density at radius 1 is 1.05 bits per heavy atom. The normalized spacial score (nSPS) is 13.7. The molecule has 0 aliphatic carbocycles. The van der Waals surface area contributed by atoms with E-state index in [1.165, 1.54) is 0 Å². The highest BCUT2D eigenvalue weighted by Crippen LogP contribution is 2.46. The number of fused-ring (bicyclic) bond motifs is 1. The molecule has 3 heterocycles. The first-order valence-electron chi connectivity index (χ1n) is 12.7. The quantitative estimate of drug-likeness (QED) is 0.207. The van der Waals surface area contributed by atoms with Gasteiger partial charge in [-0.05, 0) is 37.7 Å². The van der Waals surface area contributed by atoms with E-state index in [0.717, 1.165) is 53.2 Å². The number of halogens is 2. The van der Waals surface area contributed by atoms with Crippen molar-refractivity contribution in [3.05, 3.63) is 58.2 Å². The van der Waals surface area contributed by atoms with Crippen molar-refractivity contribution in [1.82, 2.24) is 14.9 Å². The predicted octanol–water partition coefficient (Wildman–Crippen LogP) is 6.69. The van der Waals surface area contributed by atoms with Crippen molar-refractivity contribution in [2.45, 2.75) is 6.92 Å². The summed E-state index contributed by atoms with van der Waals surface area (Å²) >= 11 is 13.5. The minimum Gasteiger partial charge on any atom is -0.495 e. The molecular weight excluding hydrogens is 535 g/mol. The Balaban J connectivity index is 1.62. The molecule has 5 rings (SSSR count). The summed E-state index contributed by atoms with van der Waals surface area (Å²) in [4.78, 5) is 12.0. The standard InChI is InChI=1S/C29H32Cl2N6O2/c1-16-7-6-8-20(32-2)28(16)36-24-10-19-18(13-33-24)9-21(35-29(19)34-12-17-14-37(3)15-17)25-26(30)22(38-4)11-23(39-5)27(25)31/h6-11,13,17,32H,12,14-15H2,1-5H3,(H,33,36)(H,34,35). The molecule has 1 saturated heterocycles. The summed E-state index contributed by atoms with van der Waals surface area (Å²) in [5.74, 6) is 2.91. The molecular formula is C29H32Cl2N6O2. The molecule has 204 valence electrons. The van der Waals surface area contributed by atoms with Crippen molar-refractivity contribution in [2.24, 2.45) is 5.92 Å². The van der Waals surface area contributed by atoms with Gasteiger partial charge in [-0.3, -0.25) is 0 Å². The smallest absolute Gasteiger partial charge is 0.141 e. The van der Waals surface area contributed by atoms with Crippen LogP contribution in [0.5, 0.6) is 11.5 Å². The lowest BCUT2D eigenvalue weighted by Crippen LogP contribution is -2.46. The van der Waals surface area contributed by atoms with E-state index in [1.807, 2.05) is 37.5 Å². The molecule has 0 saturated carbocycles. The number of rotatable bonds is 9. The van der Waals surface area contributed by atoms with Crippen LogP contribution in [-0.4, -0.2) is 62.8 Å². The van der Waals surface area contributed by atoms with E-state index in [-0.39, 0.29) is 0 Å². The number of ether oxygens (including phenoxy) is 2. The fourth-order valence-corrected chi connectivity index (χ4v) is 5.65. The first-order chi connectivity index (χ1) is 18.8. The van der Waals surface area contributed by atoms with Crippen LogP contribution in [-0.2, 0) is 0 Å². The van der Waals surface area contributed by atoms with Gasteiger partial charge in [0, 0.05) is 61.2 Å². The van der Waals surface area contributed by atoms with Gasteiger partial charge >= 0.3 is 0 Å². The number of anilines is 4. The second-order valence-electron chi connectivity index (χ2n) is 9.77. The summed E-state index contributed by atoms with van der Waals surface area (Å²) in [5, 5.41) is 12.9. The largest absolute Gasteiger partial charge is 0.495 e. The number of hydrogen-bond acceptors (Lipinski definition) is 8. The van der Waals surface area contributed by atoms with E-state index in [9.17, 15) is 0 Å². The van der Waals surface area contributed by atoms with Gasteiger partial charge in [0.2, 0.25) is 0 Å². The molecule has 8 nitrogen and oxygen atoms in total. The summed E-state index contributed by atoms with van der Waals surface area (Å²) < 4.78 is 11.0. The molecule has 0 spiro atoms. The van der Waals surface area contributed by atoms with Crippen molar-refractivity contribution in [3.63, 3.8) is 0 Å². The Morgan fingerprint density at radius 3 is 2.41 bits per heavy atom. The Morgan fingerprint density at radius 2 is 1.77 bits per heavy atom. The van der Waals surface area contributed by atoms with Gasteiger partial charge in [0.05, 0.1) is 41.3 Å². The van der Waals surface area contributed by atoms with E-state index < -0.39 is 0 Å². The zero-order valence-corrected chi connectivity index (χ0v) is 24.2. The summed E-state index contributed by atoms with van der Waals surface area (Å²) in [6.45, 7) is 4.95. The summed E-state index contributed by atoms with van der Waals surface area (Å²) in [6, 6.07) is 11.7. The zero-order valence-electron chi connectivity index (χ0n) is 22.7. The highest BCUT2D eigenvalue weighted by Gasteiger charge is 2.24. The number of aryl methyl sites for hydroxylation is 1. The lowest BCUT2D eigenvalue weighted by atomic mass is 10.0. The van der Waals surface area contributed by atoms with Crippen molar-refractivity contribution in [3.8, 4) is 22.8 Å². The van der Waals surface area contributed by atoms with E-state index in [2.05, 4.69) is 40.9 Å². The minimum absolute atomic E-state index is 0.368. The average molecular weight is 568 g/mol. The van der Waals surface area contributed by atoms with Gasteiger partial charge in [-0.25, -0.2) is 9.97 Å². The number of hydrogen-bond donors (Lipinski definition) is 3. The second kappa shape index (κ2) is 11.3. The Labute approximate surface area is 238 Å². The monoisotopic (exact) mass is 566 g/mol. The van der Waals surface area contributed by atoms with Crippen LogP contribution in [0.25, 0.3) is 22.0 Å². The summed E-state index contributed by atoms with van der Waals surface area (Å²) in [5.41, 5.74) is 4.23. The van der Waals surface area contributed by atoms with Crippen molar-refractivity contribution in [2.75, 3.05) is 63.9 Å². The molecule has 0 unspecified atom stereocenters. The molecule has 0 atom stereocenters. The third kappa shape index (κ3) is 5.37. The molecule has 39 heavy (non-hydrogen) atoms. The van der Waals surface area contributed by atoms with Crippen LogP contribution in [0.2, 0.25) is 10.0 Å². The summed E-state index contributed by atoms with van der Waals surface area (Å²) in [7, 11) is 7.14. The molecule has 10 heteroatoms. The molecule has 2 aromatic carbocycles. The zero-order chi connectivity index (χ0) is 27.7. The topological polar surface area (TPSA) is 83.6 Å². The van der Waals surface area contributed by atoms with Gasteiger partial charge < -0.3 is 30.3 Å². The lowest BCUT2D eigenvalue weighted by molar-refractivity contribution is 0.144. The van der Waals surface area contributed by atoms with Crippen molar-refractivity contribution >= 4 is 57.0 Å². The number of para-hydroxylation sites is 1. The van der Waals surface area contributed by atoms with Crippen LogP contribution in [0.4, 0.5) is 23.0 Å². The Bertz CT molecular complexity index is 1500. The molecule has 1 fully saturated rings. The van der Waals surface area contributed by atoms with Crippen LogP contribution in [0.15, 0.2) is 42.6 Å². The van der Waals surface area contributed by atoms with Gasteiger partial charge in [0.1, 0.15) is 23.1 Å². The van der Waals surface area contributed by atoms with Crippen LogP contribution < -0.4 is 25.4 Å². The van der Waals surface area contributed by atoms with E-state index in [4.69, 9.17) is 42.6 Å². The van der Waals surface area contributed by atoms with Crippen molar-refractivity contribution < 1.29 is 9.47 Å². The molecule has 1 aliphatic rings. The van der Waals surface area contributed by atoms with E-state index in [1.54, 1.807) is 20.3 Å². The lowest BCUT2D eigenvalue weighted by Gasteiger charge is -2.36. The number of nitrogens with zero attached hydrogens (tertiary/aromatic N) is 3. The van der Waals surface area contributed by atoms with Gasteiger partial charge in [0.25, 0.3) is 0 Å². The molecule has 0 bridgehead atoms. The predicted molar refractivity (Wildman–Crippen MR) is 162 cm³/mol. The number of benzene rings is 2. The maximum absolute atomic E-state index is 6.75. The van der Waals surface area contributed by atoms with Crippen LogP contribution in [0.3, 0.4) is 0 Å². The van der Waals surface area contributed by atoms with Crippen LogP contribution in [0, 0.1) is 12.8 Å². The minimum atomic E-state index is 0.368. The van der Waals surface area contributed by atoms with Gasteiger partial charge in [0.15, 0.2) is 0 Å². The molecule has 1 aliphatic heterocycles. The highest BCUT2D eigenvalue weighted by molar-refractivity contribution is 6.41. The van der Waals surface area contributed by atoms with E-state index >= 15 is 0 Å². The highest BCUT2D eigenvalue weighted by atomic mass is 35.5. The molecule has 4 aromatic rings. The molecule has 0 radical (unpaired) electrons. The molecule has 3 N–H and O–H groups in total. The maximum atomic E-state index is 6.75. The van der Waals surface area contributed by atoms with Gasteiger partial charge in [-0.15, -0.1) is 0 Å². The van der Waals surface area contributed by atoms with Crippen LogP contribution in [0.1, 0.15) is 5.56 Å². The van der Waals surface area contributed by atoms with Crippen LogP contribution >= 0.6 is 23.2 Å². The first-order valence-corrected chi connectivity index (χ1v) is 13.5. The first kappa shape index (κ1) is 27.1. The summed E-state index contributed by atoms with van der Waals surface area (Å²) in [6.07, 6.45) is 1.84. The SMILES string of the molecule is CNc1cccc(C)c1Nc1cc2c(NCC3CN(C)C3)nc(-c3c(Cl)c(OC)cc(OC)c3Cl)cc2cn1. The number of aromatic nitrogens is 2. The Hall–Kier alpha value is -3.46. The fraction of sp³-hybridized carbons (Fsp3) is 0.310. The average Bonchev–Trinajstić information content (AvgIpc) is 2.91.